The average Bonchev–Trinajstić information content (AvgIpc) is 2.25. The summed E-state index contributed by atoms with van der Waals surface area (Å²) in [5, 5.41) is 0. The number of aryl methyl sites for hydroxylation is 1. The van der Waals surface area contributed by atoms with Crippen LogP contribution in [0.4, 0.5) is 0 Å². The van der Waals surface area contributed by atoms with Crippen molar-refractivity contribution in [3.05, 3.63) is 35.9 Å². The molecule has 5 heteroatoms. The Morgan fingerprint density at radius 3 is 2.30 bits per heavy atom. The van der Waals surface area contributed by atoms with Crippen molar-refractivity contribution < 1.29 is 13.2 Å². The molecule has 0 N–H and O–H groups in total. The Bertz CT molecular complexity index is 613. The molecule has 0 amide bonds. The van der Waals surface area contributed by atoms with Crippen LogP contribution < -0.4 is 4.74 Å². The fourth-order valence-electron chi connectivity index (χ4n) is 1.86. The summed E-state index contributed by atoms with van der Waals surface area (Å²) in [6.07, 6.45) is 1.53. The zero-order valence-electron chi connectivity index (χ0n) is 12.5. The minimum absolute atomic E-state index is 0.127. The normalized spacial score (nSPS) is 13.9. The molecule has 1 aromatic rings. The van der Waals surface area contributed by atoms with Gasteiger partial charge in [-0.25, -0.2) is 8.42 Å². The molecule has 0 saturated carbocycles. The lowest BCUT2D eigenvalue weighted by Gasteiger charge is -2.25. The Kier molecular flexibility index (Phi) is 4.93. The third-order valence-corrected chi connectivity index (χ3v) is 4.46. The van der Waals surface area contributed by atoms with Gasteiger partial charge in [0.15, 0.2) is 0 Å². The minimum atomic E-state index is -3.77. The molecule has 0 saturated heterocycles. The summed E-state index contributed by atoms with van der Waals surface area (Å²) < 4.78 is 29.1. The number of hydrogen-bond acceptors (Lipinski definition) is 3. The lowest BCUT2D eigenvalue weighted by molar-refractivity contribution is 0.263. The first kappa shape index (κ1) is 17.1. The van der Waals surface area contributed by atoms with Crippen molar-refractivity contribution in [1.29, 1.82) is 0 Å². The maximum absolute atomic E-state index is 11.6. The molecule has 1 unspecified atom stereocenters. The van der Waals surface area contributed by atoms with Gasteiger partial charge in [0.2, 0.25) is 0 Å². The Morgan fingerprint density at radius 1 is 1.35 bits per heavy atom. The quantitative estimate of drug-likeness (QED) is 0.618. The van der Waals surface area contributed by atoms with Gasteiger partial charge in [-0.3, -0.25) is 0 Å². The second kappa shape index (κ2) is 5.78. The third-order valence-electron chi connectivity index (χ3n) is 2.99. The number of rotatable bonds is 4. The molecule has 0 aliphatic heterocycles. The van der Waals surface area contributed by atoms with Gasteiger partial charge in [0.05, 0.1) is 4.90 Å². The molecule has 0 aromatic heterocycles. The summed E-state index contributed by atoms with van der Waals surface area (Å²) in [6, 6.07) is 3.32. The largest absolute Gasteiger partial charge is 0.486 e. The molecule has 20 heavy (non-hydrogen) atoms. The zero-order valence-corrected chi connectivity index (χ0v) is 14.1. The van der Waals surface area contributed by atoms with Gasteiger partial charge in [0.1, 0.15) is 11.9 Å². The highest BCUT2D eigenvalue weighted by atomic mass is 35.7. The summed E-state index contributed by atoms with van der Waals surface area (Å²) in [5.74, 6) is 0.659. The highest BCUT2D eigenvalue weighted by Crippen LogP contribution is 2.36. The fourth-order valence-corrected chi connectivity index (χ4v) is 3.06. The predicted octanol–water partition coefficient (Wildman–Crippen LogP) is 4.17. The molecule has 0 aliphatic rings. The van der Waals surface area contributed by atoms with Gasteiger partial charge in [-0.1, -0.05) is 33.4 Å². The topological polar surface area (TPSA) is 43.4 Å². The first-order valence-electron chi connectivity index (χ1n) is 6.36. The van der Waals surface area contributed by atoms with Crippen molar-refractivity contribution in [3.63, 3.8) is 0 Å². The van der Waals surface area contributed by atoms with E-state index in [2.05, 4.69) is 6.58 Å². The first-order valence-corrected chi connectivity index (χ1v) is 8.66. The minimum Gasteiger partial charge on any atom is -0.486 e. The van der Waals surface area contributed by atoms with Crippen LogP contribution in [0.25, 0.3) is 0 Å². The molecule has 3 nitrogen and oxygen atoms in total. The Hall–Kier alpha value is -1.00. The van der Waals surface area contributed by atoms with E-state index in [0.29, 0.717) is 11.3 Å². The standard InChI is InChI=1S/C15H21ClO3S/c1-7-11(3)19-13-8-10(2)14(20(16,17)18)9-12(13)15(4,5)6/h7-9,11H,1H2,2-6H3. The van der Waals surface area contributed by atoms with Crippen molar-refractivity contribution in [2.45, 2.75) is 51.0 Å². The predicted molar refractivity (Wildman–Crippen MR) is 83.2 cm³/mol. The second-order valence-corrected chi connectivity index (χ2v) is 8.39. The first-order chi connectivity index (χ1) is 8.96. The fraction of sp³-hybridized carbons (Fsp3) is 0.467. The highest BCUT2D eigenvalue weighted by Gasteiger charge is 2.25. The molecule has 0 fully saturated rings. The van der Waals surface area contributed by atoms with E-state index >= 15 is 0 Å². The van der Waals surface area contributed by atoms with Gasteiger partial charge in [-0.15, -0.1) is 0 Å². The lowest BCUT2D eigenvalue weighted by Crippen LogP contribution is -2.17. The molecule has 1 atom stereocenters. The van der Waals surface area contributed by atoms with Crippen molar-refractivity contribution in [2.75, 3.05) is 0 Å². The van der Waals surface area contributed by atoms with Gasteiger partial charge < -0.3 is 4.74 Å². The molecular weight excluding hydrogens is 296 g/mol. The summed E-state index contributed by atoms with van der Waals surface area (Å²) in [4.78, 5) is 0.127. The lowest BCUT2D eigenvalue weighted by atomic mass is 9.86. The summed E-state index contributed by atoms with van der Waals surface area (Å²) in [6.45, 7) is 13.2. The second-order valence-electron chi connectivity index (χ2n) is 5.86. The molecule has 0 aliphatic carbocycles. The van der Waals surface area contributed by atoms with Crippen LogP contribution in [-0.4, -0.2) is 14.5 Å². The van der Waals surface area contributed by atoms with E-state index in [0.717, 1.165) is 5.56 Å². The molecule has 0 radical (unpaired) electrons. The molecule has 1 rings (SSSR count). The maximum Gasteiger partial charge on any atom is 0.261 e. The van der Waals surface area contributed by atoms with Crippen molar-refractivity contribution in [1.82, 2.24) is 0 Å². The van der Waals surface area contributed by atoms with Crippen LogP contribution in [0.15, 0.2) is 29.7 Å². The Labute approximate surface area is 126 Å². The van der Waals surface area contributed by atoms with Crippen LogP contribution >= 0.6 is 10.7 Å². The molecule has 112 valence electrons. The smallest absolute Gasteiger partial charge is 0.261 e. The van der Waals surface area contributed by atoms with E-state index in [1.54, 1.807) is 25.1 Å². The van der Waals surface area contributed by atoms with Gasteiger partial charge in [0.25, 0.3) is 9.05 Å². The summed E-state index contributed by atoms with van der Waals surface area (Å²) in [5.41, 5.74) is 1.11. The average molecular weight is 317 g/mol. The van der Waals surface area contributed by atoms with Crippen LogP contribution in [0.5, 0.6) is 5.75 Å². The molecule has 0 spiro atoms. The molecule has 0 heterocycles. The van der Waals surface area contributed by atoms with Crippen molar-refractivity contribution in [2.24, 2.45) is 0 Å². The van der Waals surface area contributed by atoms with Gasteiger partial charge in [-0.05, 0) is 37.0 Å². The van der Waals surface area contributed by atoms with E-state index in [9.17, 15) is 8.42 Å². The number of halogens is 1. The molecule has 1 aromatic carbocycles. The van der Waals surface area contributed by atoms with E-state index in [1.165, 1.54) is 0 Å². The van der Waals surface area contributed by atoms with Crippen molar-refractivity contribution >= 4 is 19.7 Å². The SMILES string of the molecule is C=CC(C)Oc1cc(C)c(S(=O)(=O)Cl)cc1C(C)(C)C. The van der Waals surface area contributed by atoms with E-state index in [1.807, 2.05) is 27.7 Å². The van der Waals surface area contributed by atoms with Crippen LogP contribution in [0.2, 0.25) is 0 Å². The maximum atomic E-state index is 11.6. The van der Waals surface area contributed by atoms with E-state index in [4.69, 9.17) is 15.4 Å². The van der Waals surface area contributed by atoms with Gasteiger partial charge in [-0.2, -0.15) is 0 Å². The molecule has 0 bridgehead atoms. The summed E-state index contributed by atoms with van der Waals surface area (Å²) >= 11 is 0. The van der Waals surface area contributed by atoms with Gasteiger partial charge in [0, 0.05) is 16.2 Å². The van der Waals surface area contributed by atoms with E-state index < -0.39 is 9.05 Å². The van der Waals surface area contributed by atoms with Crippen LogP contribution in [0.1, 0.15) is 38.8 Å². The Morgan fingerprint density at radius 2 is 1.90 bits per heavy atom. The van der Waals surface area contributed by atoms with Crippen LogP contribution in [0.3, 0.4) is 0 Å². The zero-order chi connectivity index (χ0) is 15.7. The van der Waals surface area contributed by atoms with Crippen LogP contribution in [0, 0.1) is 6.92 Å². The van der Waals surface area contributed by atoms with Crippen LogP contribution in [-0.2, 0) is 14.5 Å². The Balaban J connectivity index is 3.53. The third kappa shape index (κ3) is 4.00. The van der Waals surface area contributed by atoms with E-state index in [-0.39, 0.29) is 16.4 Å². The number of benzene rings is 1. The number of ether oxygens (including phenoxy) is 1. The van der Waals surface area contributed by atoms with Crippen molar-refractivity contribution in [3.8, 4) is 5.75 Å². The summed E-state index contributed by atoms with van der Waals surface area (Å²) in [7, 11) is 1.72. The molecular formula is C15H21ClO3S. The highest BCUT2D eigenvalue weighted by molar-refractivity contribution is 8.13. The van der Waals surface area contributed by atoms with Gasteiger partial charge >= 0.3 is 0 Å². The number of hydrogen-bond donors (Lipinski definition) is 0. The monoisotopic (exact) mass is 316 g/mol.